The Morgan fingerprint density at radius 1 is 1.29 bits per heavy atom. The van der Waals surface area contributed by atoms with Gasteiger partial charge in [0.25, 0.3) is 12.3 Å². The van der Waals surface area contributed by atoms with Crippen molar-refractivity contribution in [2.24, 2.45) is 0 Å². The minimum Gasteiger partial charge on any atom is -0.364 e. The first-order valence-electron chi connectivity index (χ1n) is 9.09. The van der Waals surface area contributed by atoms with Gasteiger partial charge in [-0.2, -0.15) is 4.39 Å². The van der Waals surface area contributed by atoms with Crippen molar-refractivity contribution in [2.75, 3.05) is 13.6 Å². The molecule has 2 N–H and O–H groups in total. The van der Waals surface area contributed by atoms with Gasteiger partial charge in [-0.05, 0) is 55.9 Å². The molecule has 1 saturated carbocycles. The molecule has 1 aromatic carbocycles. The highest BCUT2D eigenvalue weighted by Crippen LogP contribution is 2.32. The molecule has 1 aromatic rings. The van der Waals surface area contributed by atoms with Gasteiger partial charge in [0.1, 0.15) is 11.3 Å². The molecular weight excluding hydrogens is 367 g/mol. The number of hydrogen-bond donors (Lipinski definition) is 2. The normalized spacial score (nSPS) is 14.6. The summed E-state index contributed by atoms with van der Waals surface area (Å²) < 4.78 is 40.2. The van der Waals surface area contributed by atoms with Crippen molar-refractivity contribution in [3.05, 3.63) is 52.5 Å². The minimum absolute atomic E-state index is 0.0885. The van der Waals surface area contributed by atoms with Crippen LogP contribution in [0.4, 0.5) is 13.2 Å². The summed E-state index contributed by atoms with van der Waals surface area (Å²) in [6.07, 6.45) is -1.83. The number of nitrogens with zero attached hydrogens (tertiary/aromatic N) is 1. The van der Waals surface area contributed by atoms with E-state index in [-0.39, 0.29) is 12.6 Å². The molecule has 0 aliphatic heterocycles. The molecule has 1 aliphatic carbocycles. The van der Waals surface area contributed by atoms with Crippen molar-refractivity contribution in [1.82, 2.24) is 10.2 Å². The lowest BCUT2D eigenvalue weighted by atomic mass is 9.94. The fourth-order valence-electron chi connectivity index (χ4n) is 3.48. The van der Waals surface area contributed by atoms with Crippen LogP contribution in [0.2, 0.25) is 0 Å². The second kappa shape index (κ2) is 8.63. The fourth-order valence-corrected chi connectivity index (χ4v) is 3.48. The number of benzene rings is 1. The maximum absolute atomic E-state index is 14.2. The number of halogens is 3. The molecule has 4 nitrogen and oxygen atoms in total. The molecule has 0 bridgehead atoms. The van der Waals surface area contributed by atoms with Crippen LogP contribution in [0.25, 0.3) is 5.57 Å². The Kier molecular flexibility index (Phi) is 6.69. The average Bonchev–Trinajstić information content (AvgIpc) is 3.43. The lowest BCUT2D eigenvalue weighted by Crippen LogP contribution is -2.39. The number of alkyl halides is 2. The van der Waals surface area contributed by atoms with Gasteiger partial charge in [-0.3, -0.25) is 10.2 Å². The first-order valence-corrected chi connectivity index (χ1v) is 9.09. The van der Waals surface area contributed by atoms with Gasteiger partial charge in [0.15, 0.2) is 0 Å². The summed E-state index contributed by atoms with van der Waals surface area (Å²) in [7, 11) is 1.18. The first-order chi connectivity index (χ1) is 13.1. The third kappa shape index (κ3) is 4.64. The molecule has 28 heavy (non-hydrogen) atoms. The van der Waals surface area contributed by atoms with Crippen LogP contribution in [0.1, 0.15) is 35.1 Å². The van der Waals surface area contributed by atoms with Gasteiger partial charge >= 0.3 is 0 Å². The number of aryl methyl sites for hydroxylation is 3. The highest BCUT2D eigenvalue weighted by molar-refractivity contribution is 6.22. The molecule has 1 fully saturated rings. The second-order valence-electron chi connectivity index (χ2n) is 7.19. The average molecular weight is 393 g/mol. The molecule has 1 aliphatic rings. The van der Waals surface area contributed by atoms with Crippen LogP contribution in [0, 0.1) is 26.2 Å². The zero-order valence-corrected chi connectivity index (χ0v) is 16.6. The Labute approximate surface area is 163 Å². The standard InChI is InChI=1S/C21H26F3N3O/c1-11-8-12(2)16(13(3)9-11)14(4)10-27(15-6-7-15)21(28)17(20(24)26-5)18(25)19(22)23/h8-9,15,19,25-26H,4,6-7,10H2,1-3,5H3/b20-17+,25-18?. The molecule has 0 heterocycles. The van der Waals surface area contributed by atoms with E-state index in [9.17, 15) is 18.0 Å². The second-order valence-corrected chi connectivity index (χ2v) is 7.19. The number of rotatable bonds is 8. The quantitative estimate of drug-likeness (QED) is 0.393. The zero-order valence-electron chi connectivity index (χ0n) is 16.6. The Hall–Kier alpha value is -2.57. The summed E-state index contributed by atoms with van der Waals surface area (Å²) in [4.78, 5) is 14.3. The van der Waals surface area contributed by atoms with E-state index in [0.29, 0.717) is 18.4 Å². The van der Waals surface area contributed by atoms with Gasteiger partial charge in [-0.15, -0.1) is 0 Å². The molecule has 0 unspecified atom stereocenters. The van der Waals surface area contributed by atoms with Crippen LogP contribution in [0.5, 0.6) is 0 Å². The number of amides is 1. The summed E-state index contributed by atoms with van der Waals surface area (Å²) in [5.74, 6) is -2.14. The van der Waals surface area contributed by atoms with Crippen LogP contribution in [-0.4, -0.2) is 42.6 Å². The van der Waals surface area contributed by atoms with Crippen LogP contribution < -0.4 is 5.32 Å². The van der Waals surface area contributed by atoms with E-state index < -0.39 is 29.6 Å². The maximum Gasteiger partial charge on any atom is 0.280 e. The Bertz CT molecular complexity index is 818. The number of hydrogen-bond acceptors (Lipinski definition) is 3. The van der Waals surface area contributed by atoms with E-state index in [2.05, 4.69) is 11.9 Å². The third-order valence-electron chi connectivity index (χ3n) is 4.78. The van der Waals surface area contributed by atoms with Crippen molar-refractivity contribution >= 4 is 17.2 Å². The predicted molar refractivity (Wildman–Crippen MR) is 105 cm³/mol. The highest BCUT2D eigenvalue weighted by Gasteiger charge is 2.38. The van der Waals surface area contributed by atoms with Gasteiger partial charge in [0.2, 0.25) is 5.95 Å². The van der Waals surface area contributed by atoms with E-state index in [4.69, 9.17) is 5.41 Å². The van der Waals surface area contributed by atoms with Crippen LogP contribution in [0.15, 0.2) is 30.2 Å². The molecule has 0 atom stereocenters. The number of nitrogens with one attached hydrogen (secondary N) is 2. The zero-order chi connectivity index (χ0) is 21.2. The lowest BCUT2D eigenvalue weighted by molar-refractivity contribution is -0.126. The van der Waals surface area contributed by atoms with E-state index in [1.165, 1.54) is 11.9 Å². The van der Waals surface area contributed by atoms with Crippen molar-refractivity contribution < 1.29 is 18.0 Å². The summed E-state index contributed by atoms with van der Waals surface area (Å²) in [5, 5.41) is 9.57. The molecule has 7 heteroatoms. The van der Waals surface area contributed by atoms with E-state index in [1.54, 1.807) is 0 Å². The summed E-state index contributed by atoms with van der Waals surface area (Å²) >= 11 is 0. The van der Waals surface area contributed by atoms with E-state index in [1.807, 2.05) is 32.9 Å². The fraction of sp³-hybridized carbons (Fsp3) is 0.429. The van der Waals surface area contributed by atoms with Crippen molar-refractivity contribution in [3.63, 3.8) is 0 Å². The smallest absolute Gasteiger partial charge is 0.280 e. The van der Waals surface area contributed by atoms with Gasteiger partial charge < -0.3 is 10.2 Å². The molecule has 2 rings (SSSR count). The van der Waals surface area contributed by atoms with E-state index >= 15 is 0 Å². The van der Waals surface area contributed by atoms with Crippen LogP contribution in [-0.2, 0) is 4.79 Å². The highest BCUT2D eigenvalue weighted by atomic mass is 19.3. The Morgan fingerprint density at radius 2 is 1.82 bits per heavy atom. The number of carbonyl (C=O) groups excluding carboxylic acids is 1. The Morgan fingerprint density at radius 3 is 2.25 bits per heavy atom. The first kappa shape index (κ1) is 21.7. The Balaban J connectivity index is 2.37. The monoisotopic (exact) mass is 393 g/mol. The number of carbonyl (C=O) groups is 1. The maximum atomic E-state index is 14.2. The SMILES string of the molecule is C=C(CN(C(=O)/C(C(=N)C(F)F)=C(\F)NC)C1CC1)c1c(C)cc(C)cc1C. The minimum atomic E-state index is -3.25. The van der Waals surface area contributed by atoms with Crippen molar-refractivity contribution in [1.29, 1.82) is 5.41 Å². The van der Waals surface area contributed by atoms with Gasteiger partial charge in [-0.1, -0.05) is 24.3 Å². The van der Waals surface area contributed by atoms with Crippen LogP contribution >= 0.6 is 0 Å². The topological polar surface area (TPSA) is 56.2 Å². The third-order valence-corrected chi connectivity index (χ3v) is 4.78. The molecule has 0 radical (unpaired) electrons. The summed E-state index contributed by atoms with van der Waals surface area (Å²) in [5.41, 5.74) is 2.43. The molecule has 152 valence electrons. The van der Waals surface area contributed by atoms with Crippen LogP contribution in [0.3, 0.4) is 0 Å². The molecule has 0 aromatic heterocycles. The summed E-state index contributed by atoms with van der Waals surface area (Å²) in [6.45, 7) is 10.1. The molecule has 0 spiro atoms. The molecule has 0 saturated heterocycles. The van der Waals surface area contributed by atoms with Crippen molar-refractivity contribution in [3.8, 4) is 0 Å². The largest absolute Gasteiger partial charge is 0.364 e. The van der Waals surface area contributed by atoms with Crippen molar-refractivity contribution in [2.45, 2.75) is 46.1 Å². The predicted octanol–water partition coefficient (Wildman–Crippen LogP) is 4.30. The van der Waals surface area contributed by atoms with E-state index in [0.717, 1.165) is 22.3 Å². The van der Waals surface area contributed by atoms with Gasteiger partial charge in [0, 0.05) is 19.6 Å². The lowest BCUT2D eigenvalue weighted by Gasteiger charge is -2.26. The van der Waals surface area contributed by atoms with Gasteiger partial charge in [0.05, 0.1) is 0 Å². The summed E-state index contributed by atoms with van der Waals surface area (Å²) in [6, 6.07) is 3.85. The van der Waals surface area contributed by atoms with Gasteiger partial charge in [-0.25, -0.2) is 8.78 Å². The molecule has 1 amide bonds. The molecular formula is C21H26F3N3O.